The lowest BCUT2D eigenvalue weighted by molar-refractivity contribution is 0.661. The molecule has 0 amide bonds. The monoisotopic (exact) mass is 239 g/mol. The van der Waals surface area contributed by atoms with E-state index in [-0.39, 0.29) is 0 Å². The highest BCUT2D eigenvalue weighted by Gasteiger charge is 1.98. The molecule has 0 radical (unpaired) electrons. The highest BCUT2D eigenvalue weighted by Crippen LogP contribution is 2.09. The second-order valence-electron chi connectivity index (χ2n) is 4.24. The van der Waals surface area contributed by atoms with Crippen LogP contribution in [-0.4, -0.2) is 22.8 Å². The van der Waals surface area contributed by atoms with Crippen molar-refractivity contribution in [3.63, 3.8) is 0 Å². The average Bonchev–Trinajstić information content (AvgIpc) is 2.20. The smallest absolute Gasteiger partial charge is 0.0244 e. The van der Waals surface area contributed by atoms with Crippen molar-refractivity contribution in [3.8, 4) is 0 Å². The van der Waals surface area contributed by atoms with Crippen molar-refractivity contribution in [2.24, 2.45) is 0 Å². The first-order valence-electron chi connectivity index (χ1n) is 5.66. The van der Waals surface area contributed by atoms with E-state index in [1.54, 1.807) is 6.26 Å². The van der Waals surface area contributed by atoms with Crippen molar-refractivity contribution >= 4 is 10.8 Å². The molecule has 0 heterocycles. The first kappa shape index (κ1) is 13.4. The van der Waals surface area contributed by atoms with Gasteiger partial charge in [0.2, 0.25) is 0 Å². The zero-order chi connectivity index (χ0) is 12.0. The highest BCUT2D eigenvalue weighted by molar-refractivity contribution is 7.84. The number of aryl methyl sites for hydroxylation is 2. The maximum atomic E-state index is 10.9. The molecule has 0 saturated heterocycles. The molecule has 3 heteroatoms. The van der Waals surface area contributed by atoms with E-state index in [2.05, 4.69) is 37.4 Å². The van der Waals surface area contributed by atoms with Crippen LogP contribution in [0.2, 0.25) is 0 Å². The fraction of sp³-hybridized carbons (Fsp3) is 0.538. The minimum absolute atomic E-state index is 0.661. The Hall–Kier alpha value is -0.670. The predicted octanol–water partition coefficient (Wildman–Crippen LogP) is 2.16. The summed E-state index contributed by atoms with van der Waals surface area (Å²) in [4.78, 5) is 0. The lowest BCUT2D eigenvalue weighted by atomic mass is 10.1. The normalized spacial score (nSPS) is 12.7. The van der Waals surface area contributed by atoms with E-state index < -0.39 is 10.8 Å². The van der Waals surface area contributed by atoms with Gasteiger partial charge >= 0.3 is 0 Å². The molecule has 1 aromatic carbocycles. The molecule has 90 valence electrons. The Bertz CT molecular complexity index is 363. The van der Waals surface area contributed by atoms with E-state index in [9.17, 15) is 4.21 Å². The average molecular weight is 239 g/mol. The van der Waals surface area contributed by atoms with Crippen LogP contribution < -0.4 is 5.32 Å². The van der Waals surface area contributed by atoms with Gasteiger partial charge in [0.15, 0.2) is 0 Å². The van der Waals surface area contributed by atoms with Crippen molar-refractivity contribution < 1.29 is 4.21 Å². The van der Waals surface area contributed by atoms with Crippen LogP contribution >= 0.6 is 0 Å². The number of benzene rings is 1. The second kappa shape index (κ2) is 6.81. The molecule has 0 aliphatic heterocycles. The van der Waals surface area contributed by atoms with Crippen LogP contribution in [0.1, 0.15) is 23.1 Å². The van der Waals surface area contributed by atoms with E-state index in [0.717, 1.165) is 25.3 Å². The zero-order valence-corrected chi connectivity index (χ0v) is 11.2. The van der Waals surface area contributed by atoms with Crippen LogP contribution in [0.15, 0.2) is 18.2 Å². The van der Waals surface area contributed by atoms with Gasteiger partial charge in [-0.2, -0.15) is 0 Å². The first-order chi connectivity index (χ1) is 7.59. The molecule has 1 N–H and O–H groups in total. The number of hydrogen-bond acceptors (Lipinski definition) is 2. The summed E-state index contributed by atoms with van der Waals surface area (Å²) >= 11 is 0. The molecule has 0 aromatic heterocycles. The van der Waals surface area contributed by atoms with Gasteiger partial charge in [0.05, 0.1) is 0 Å². The van der Waals surface area contributed by atoms with Crippen LogP contribution in [0.4, 0.5) is 0 Å². The molecule has 0 fully saturated rings. The van der Waals surface area contributed by atoms with Gasteiger partial charge in [-0.05, 0) is 37.9 Å². The Labute approximate surface area is 101 Å². The minimum Gasteiger partial charge on any atom is -0.313 e. The second-order valence-corrected chi connectivity index (χ2v) is 5.79. The Morgan fingerprint density at radius 3 is 2.69 bits per heavy atom. The fourth-order valence-corrected chi connectivity index (χ4v) is 2.22. The Morgan fingerprint density at radius 1 is 1.31 bits per heavy atom. The lowest BCUT2D eigenvalue weighted by Gasteiger charge is -2.08. The molecule has 0 spiro atoms. The quantitative estimate of drug-likeness (QED) is 0.771. The third-order valence-electron chi connectivity index (χ3n) is 2.60. The van der Waals surface area contributed by atoms with E-state index in [1.807, 2.05) is 0 Å². The van der Waals surface area contributed by atoms with Crippen molar-refractivity contribution in [2.45, 2.75) is 26.8 Å². The first-order valence-corrected chi connectivity index (χ1v) is 7.39. The molecule has 1 atom stereocenters. The maximum absolute atomic E-state index is 10.9. The summed E-state index contributed by atoms with van der Waals surface area (Å²) in [5.74, 6) is 0.792. The van der Waals surface area contributed by atoms with Gasteiger partial charge in [-0.1, -0.05) is 23.8 Å². The molecule has 1 aromatic rings. The van der Waals surface area contributed by atoms with Gasteiger partial charge in [0.25, 0.3) is 0 Å². The van der Waals surface area contributed by atoms with Crippen molar-refractivity contribution in [2.75, 3.05) is 18.6 Å². The Balaban J connectivity index is 2.29. The molecule has 0 aliphatic carbocycles. The summed E-state index contributed by atoms with van der Waals surface area (Å²) in [7, 11) is -0.661. The van der Waals surface area contributed by atoms with E-state index >= 15 is 0 Å². The summed E-state index contributed by atoms with van der Waals surface area (Å²) in [5, 5.41) is 3.38. The van der Waals surface area contributed by atoms with Crippen LogP contribution in [0, 0.1) is 13.8 Å². The lowest BCUT2D eigenvalue weighted by Crippen LogP contribution is -2.17. The molecule has 0 bridgehead atoms. The van der Waals surface area contributed by atoms with Crippen molar-refractivity contribution in [1.82, 2.24) is 5.32 Å². The third-order valence-corrected chi connectivity index (χ3v) is 3.46. The van der Waals surface area contributed by atoms with Crippen molar-refractivity contribution in [3.05, 3.63) is 34.9 Å². The van der Waals surface area contributed by atoms with Crippen LogP contribution in [0.5, 0.6) is 0 Å². The maximum Gasteiger partial charge on any atom is 0.0244 e. The molecule has 0 aliphatic rings. The summed E-state index contributed by atoms with van der Waals surface area (Å²) in [6.07, 6.45) is 2.73. The largest absolute Gasteiger partial charge is 0.313 e. The van der Waals surface area contributed by atoms with Gasteiger partial charge in [-0.25, -0.2) is 0 Å². The van der Waals surface area contributed by atoms with E-state index in [1.165, 1.54) is 16.7 Å². The topological polar surface area (TPSA) is 29.1 Å². The van der Waals surface area contributed by atoms with Gasteiger partial charge in [-0.3, -0.25) is 4.21 Å². The Kier molecular flexibility index (Phi) is 5.71. The Morgan fingerprint density at radius 2 is 2.06 bits per heavy atom. The van der Waals surface area contributed by atoms with Crippen LogP contribution in [0.3, 0.4) is 0 Å². The van der Waals surface area contributed by atoms with Gasteiger partial charge in [0.1, 0.15) is 0 Å². The molecular weight excluding hydrogens is 218 g/mol. The van der Waals surface area contributed by atoms with Gasteiger partial charge < -0.3 is 5.32 Å². The van der Waals surface area contributed by atoms with Crippen LogP contribution in [-0.2, 0) is 17.3 Å². The zero-order valence-electron chi connectivity index (χ0n) is 10.4. The molecule has 16 heavy (non-hydrogen) atoms. The summed E-state index contributed by atoms with van der Waals surface area (Å²) in [5.41, 5.74) is 4.00. The summed E-state index contributed by atoms with van der Waals surface area (Å²) in [6.45, 7) is 6.10. The number of nitrogens with one attached hydrogen (secondary N) is 1. The summed E-state index contributed by atoms with van der Waals surface area (Å²) in [6, 6.07) is 6.53. The standard InChI is InChI=1S/C13H21NOS/c1-11-5-6-13(12(2)9-11)10-14-7-4-8-16(3)15/h5-6,9,14H,4,7-8,10H2,1-3H3. The molecule has 0 saturated carbocycles. The molecular formula is C13H21NOS. The molecule has 1 unspecified atom stereocenters. The molecule has 1 rings (SSSR count). The third kappa shape index (κ3) is 4.90. The number of hydrogen-bond donors (Lipinski definition) is 1. The predicted molar refractivity (Wildman–Crippen MR) is 71.2 cm³/mol. The number of rotatable bonds is 6. The van der Waals surface area contributed by atoms with E-state index in [4.69, 9.17) is 0 Å². The minimum atomic E-state index is -0.661. The summed E-state index contributed by atoms with van der Waals surface area (Å²) < 4.78 is 10.9. The van der Waals surface area contributed by atoms with Crippen molar-refractivity contribution in [1.29, 1.82) is 0 Å². The fourth-order valence-electron chi connectivity index (χ4n) is 1.67. The molecule has 2 nitrogen and oxygen atoms in total. The van der Waals surface area contributed by atoms with Crippen LogP contribution in [0.25, 0.3) is 0 Å². The SMILES string of the molecule is Cc1ccc(CNCCCS(C)=O)c(C)c1. The van der Waals surface area contributed by atoms with Gasteiger partial charge in [0, 0.05) is 29.4 Å². The van der Waals surface area contributed by atoms with Gasteiger partial charge in [-0.15, -0.1) is 0 Å². The van der Waals surface area contributed by atoms with E-state index in [0.29, 0.717) is 0 Å². The highest BCUT2D eigenvalue weighted by atomic mass is 32.2.